The predicted molar refractivity (Wildman–Crippen MR) is 125 cm³/mol. The zero-order chi connectivity index (χ0) is 22.6. The smallest absolute Gasteiger partial charge is 0.227 e. The minimum atomic E-state index is -0.00818. The van der Waals surface area contributed by atoms with Gasteiger partial charge >= 0.3 is 0 Å². The maximum Gasteiger partial charge on any atom is 0.227 e. The van der Waals surface area contributed by atoms with Gasteiger partial charge in [0.25, 0.3) is 0 Å². The summed E-state index contributed by atoms with van der Waals surface area (Å²) in [7, 11) is 1.57. The summed E-state index contributed by atoms with van der Waals surface area (Å²) >= 11 is 0. The number of hydrogen-bond acceptors (Lipinski definition) is 7. The largest absolute Gasteiger partial charge is 0.486 e. The van der Waals surface area contributed by atoms with E-state index in [4.69, 9.17) is 14.2 Å². The molecule has 1 aromatic carbocycles. The van der Waals surface area contributed by atoms with Gasteiger partial charge in [0.05, 0.1) is 18.3 Å². The van der Waals surface area contributed by atoms with E-state index >= 15 is 0 Å². The van der Waals surface area contributed by atoms with Crippen molar-refractivity contribution in [3.63, 3.8) is 0 Å². The summed E-state index contributed by atoms with van der Waals surface area (Å²) in [5.41, 5.74) is 3.20. The summed E-state index contributed by atoms with van der Waals surface area (Å²) in [4.78, 5) is 21.7. The molecule has 8 heteroatoms. The summed E-state index contributed by atoms with van der Waals surface area (Å²) in [6.07, 6.45) is 5.32. The van der Waals surface area contributed by atoms with Gasteiger partial charge in [-0.25, -0.2) is 4.98 Å². The van der Waals surface area contributed by atoms with Crippen molar-refractivity contribution in [2.75, 3.05) is 25.6 Å². The van der Waals surface area contributed by atoms with Crippen molar-refractivity contribution in [1.29, 1.82) is 0 Å². The van der Waals surface area contributed by atoms with Gasteiger partial charge in [0.15, 0.2) is 11.5 Å². The van der Waals surface area contributed by atoms with Gasteiger partial charge in [-0.05, 0) is 55.5 Å². The molecule has 2 N–H and O–H groups in total. The number of amides is 1. The van der Waals surface area contributed by atoms with Crippen LogP contribution in [-0.4, -0.2) is 42.2 Å². The molecule has 0 bridgehead atoms. The molecule has 0 radical (unpaired) electrons. The molecule has 0 atom stereocenters. The van der Waals surface area contributed by atoms with E-state index in [0.29, 0.717) is 36.3 Å². The Morgan fingerprint density at radius 3 is 2.70 bits per heavy atom. The Hall–Kier alpha value is -3.39. The number of aromatic nitrogens is 2. The summed E-state index contributed by atoms with van der Waals surface area (Å²) in [5, 5.41) is 6.69. The Kier molecular flexibility index (Phi) is 6.26. The topological polar surface area (TPSA) is 94.6 Å². The van der Waals surface area contributed by atoms with Gasteiger partial charge in [0.2, 0.25) is 11.8 Å². The molecular weight excluding hydrogens is 420 g/mol. The highest BCUT2D eigenvalue weighted by molar-refractivity contribution is 6.00. The zero-order valence-corrected chi connectivity index (χ0v) is 18.7. The standard InChI is InChI=1S/C25H28N4O4/c1-31-23-9-7-19-24(29-23)20(10-11-26-19)28-25(30)17-3-5-18(6-4-17)27-15-16-2-8-21-22(14-16)33-13-12-32-21/h2,7-11,14,17-18,27H,3-6,12-13,15H2,1H3,(H,26,28,30)/t17-,18-. The van der Waals surface area contributed by atoms with Crippen molar-refractivity contribution < 1.29 is 19.0 Å². The second-order valence-electron chi connectivity index (χ2n) is 8.48. The first-order valence-corrected chi connectivity index (χ1v) is 11.4. The molecule has 0 saturated heterocycles. The van der Waals surface area contributed by atoms with Gasteiger partial charge in [0, 0.05) is 30.8 Å². The molecule has 1 amide bonds. The molecule has 3 heterocycles. The van der Waals surface area contributed by atoms with Crippen LogP contribution in [-0.2, 0) is 11.3 Å². The van der Waals surface area contributed by atoms with Crippen LogP contribution in [0.1, 0.15) is 31.2 Å². The molecule has 1 saturated carbocycles. The van der Waals surface area contributed by atoms with Crippen LogP contribution in [0.4, 0.5) is 5.69 Å². The minimum Gasteiger partial charge on any atom is -0.486 e. The summed E-state index contributed by atoms with van der Waals surface area (Å²) in [6.45, 7) is 1.97. The van der Waals surface area contributed by atoms with Crippen LogP contribution in [0, 0.1) is 5.92 Å². The number of nitrogens with one attached hydrogen (secondary N) is 2. The van der Waals surface area contributed by atoms with Crippen LogP contribution in [0.25, 0.3) is 11.0 Å². The quantitative estimate of drug-likeness (QED) is 0.594. The number of rotatable bonds is 6. The molecular formula is C25H28N4O4. The third-order valence-corrected chi connectivity index (χ3v) is 6.32. The molecule has 33 heavy (non-hydrogen) atoms. The predicted octanol–water partition coefficient (Wildman–Crippen LogP) is 3.70. The van der Waals surface area contributed by atoms with Gasteiger partial charge < -0.3 is 24.8 Å². The molecule has 5 rings (SSSR count). The van der Waals surface area contributed by atoms with E-state index in [1.165, 1.54) is 5.56 Å². The van der Waals surface area contributed by atoms with E-state index in [2.05, 4.69) is 26.7 Å². The summed E-state index contributed by atoms with van der Waals surface area (Å²) in [6, 6.07) is 11.9. The number of hydrogen-bond donors (Lipinski definition) is 2. The molecule has 1 aliphatic heterocycles. The number of pyridine rings is 2. The van der Waals surface area contributed by atoms with E-state index in [0.717, 1.165) is 49.2 Å². The number of fused-ring (bicyclic) bond motifs is 2. The molecule has 1 fully saturated rings. The maximum absolute atomic E-state index is 13.0. The van der Waals surface area contributed by atoms with Crippen molar-refractivity contribution >= 4 is 22.6 Å². The van der Waals surface area contributed by atoms with E-state index in [-0.39, 0.29) is 11.8 Å². The van der Waals surface area contributed by atoms with Crippen LogP contribution in [0.3, 0.4) is 0 Å². The molecule has 3 aromatic rings. The van der Waals surface area contributed by atoms with Crippen molar-refractivity contribution in [3.8, 4) is 17.4 Å². The van der Waals surface area contributed by atoms with Crippen molar-refractivity contribution in [3.05, 3.63) is 48.2 Å². The lowest BCUT2D eigenvalue weighted by Crippen LogP contribution is -2.36. The fraction of sp³-hybridized carbons (Fsp3) is 0.400. The van der Waals surface area contributed by atoms with Crippen LogP contribution in [0.5, 0.6) is 17.4 Å². The number of anilines is 1. The van der Waals surface area contributed by atoms with Crippen LogP contribution in [0.2, 0.25) is 0 Å². The fourth-order valence-electron chi connectivity index (χ4n) is 4.48. The summed E-state index contributed by atoms with van der Waals surface area (Å²) < 4.78 is 16.5. The second-order valence-corrected chi connectivity index (χ2v) is 8.48. The number of benzene rings is 1. The van der Waals surface area contributed by atoms with Gasteiger partial charge in [-0.2, -0.15) is 0 Å². The van der Waals surface area contributed by atoms with E-state index in [1.807, 2.05) is 18.2 Å². The first kappa shape index (κ1) is 21.5. The number of ether oxygens (including phenoxy) is 3. The van der Waals surface area contributed by atoms with Gasteiger partial charge in [0.1, 0.15) is 18.7 Å². The third-order valence-electron chi connectivity index (χ3n) is 6.32. The normalized spacial score (nSPS) is 19.8. The average molecular weight is 449 g/mol. The van der Waals surface area contributed by atoms with Crippen LogP contribution < -0.4 is 24.8 Å². The Labute approximate surface area is 192 Å². The molecule has 0 spiro atoms. The molecule has 0 unspecified atom stereocenters. The molecule has 2 aromatic heterocycles. The Morgan fingerprint density at radius 2 is 1.88 bits per heavy atom. The second kappa shape index (κ2) is 9.62. The lowest BCUT2D eigenvalue weighted by molar-refractivity contribution is -0.120. The van der Waals surface area contributed by atoms with Gasteiger partial charge in [-0.3, -0.25) is 9.78 Å². The lowest BCUT2D eigenvalue weighted by atomic mass is 9.85. The average Bonchev–Trinajstić information content (AvgIpc) is 2.87. The SMILES string of the molecule is COc1ccc2nccc(NC(=O)[C@H]3CC[C@H](NCc4ccc5c(c4)OCCO5)CC3)c2n1. The van der Waals surface area contributed by atoms with Crippen LogP contribution >= 0.6 is 0 Å². The number of carbonyl (C=O) groups excluding carboxylic acids is 1. The number of nitrogens with zero attached hydrogens (tertiary/aromatic N) is 2. The fourth-order valence-corrected chi connectivity index (χ4v) is 4.48. The Balaban J connectivity index is 1.14. The van der Waals surface area contributed by atoms with Crippen molar-refractivity contribution in [2.24, 2.45) is 5.92 Å². The highest BCUT2D eigenvalue weighted by atomic mass is 16.6. The lowest BCUT2D eigenvalue weighted by Gasteiger charge is -2.28. The number of carbonyl (C=O) groups is 1. The molecule has 1 aliphatic carbocycles. The van der Waals surface area contributed by atoms with Crippen LogP contribution in [0.15, 0.2) is 42.6 Å². The maximum atomic E-state index is 13.0. The third kappa shape index (κ3) is 4.85. The monoisotopic (exact) mass is 448 g/mol. The van der Waals surface area contributed by atoms with E-state index in [1.54, 1.807) is 25.4 Å². The van der Waals surface area contributed by atoms with Gasteiger partial charge in [-0.1, -0.05) is 6.07 Å². The highest BCUT2D eigenvalue weighted by Crippen LogP contribution is 2.31. The van der Waals surface area contributed by atoms with Crippen molar-refractivity contribution in [2.45, 2.75) is 38.3 Å². The Bertz CT molecular complexity index is 1140. The number of methoxy groups -OCH3 is 1. The molecule has 8 nitrogen and oxygen atoms in total. The van der Waals surface area contributed by atoms with Crippen molar-refractivity contribution in [1.82, 2.24) is 15.3 Å². The minimum absolute atomic E-state index is 0.00818. The first-order chi connectivity index (χ1) is 16.2. The van der Waals surface area contributed by atoms with E-state index in [9.17, 15) is 4.79 Å². The Morgan fingerprint density at radius 1 is 1.06 bits per heavy atom. The zero-order valence-electron chi connectivity index (χ0n) is 18.7. The van der Waals surface area contributed by atoms with E-state index < -0.39 is 0 Å². The molecule has 172 valence electrons. The highest BCUT2D eigenvalue weighted by Gasteiger charge is 2.26. The molecule has 2 aliphatic rings. The first-order valence-electron chi connectivity index (χ1n) is 11.4. The summed E-state index contributed by atoms with van der Waals surface area (Å²) in [5.74, 6) is 2.16. The van der Waals surface area contributed by atoms with Gasteiger partial charge in [-0.15, -0.1) is 0 Å².